The Morgan fingerprint density at radius 3 is 2.65 bits per heavy atom. The highest BCUT2D eigenvalue weighted by Gasteiger charge is 2.07. The Morgan fingerprint density at radius 1 is 1.15 bits per heavy atom. The molecular formula is C19H20N2O5. The Balaban J connectivity index is 1.89. The molecule has 0 unspecified atom stereocenters. The Morgan fingerprint density at radius 2 is 1.96 bits per heavy atom. The molecule has 7 nitrogen and oxygen atoms in total. The number of esters is 1. The third-order valence-corrected chi connectivity index (χ3v) is 3.20. The fourth-order valence-corrected chi connectivity index (χ4v) is 2.07. The minimum absolute atomic E-state index is 0.143. The van der Waals surface area contributed by atoms with Gasteiger partial charge in [-0.1, -0.05) is 12.1 Å². The van der Waals surface area contributed by atoms with Crippen molar-refractivity contribution in [2.45, 2.75) is 13.8 Å². The molecule has 0 saturated carbocycles. The molecule has 0 radical (unpaired) electrons. The monoisotopic (exact) mass is 356 g/mol. The van der Waals surface area contributed by atoms with Crippen molar-refractivity contribution in [1.29, 1.82) is 0 Å². The van der Waals surface area contributed by atoms with Gasteiger partial charge in [-0.15, -0.1) is 0 Å². The van der Waals surface area contributed by atoms with E-state index in [-0.39, 0.29) is 12.5 Å². The van der Waals surface area contributed by atoms with Gasteiger partial charge in [0.1, 0.15) is 5.75 Å². The molecule has 2 aromatic rings. The number of hydrogen-bond donors (Lipinski definition) is 1. The normalized spacial score (nSPS) is 10.4. The molecule has 0 saturated heterocycles. The molecule has 0 fully saturated rings. The van der Waals surface area contributed by atoms with E-state index in [2.05, 4.69) is 10.5 Å². The fraction of sp³-hybridized carbons (Fsp3) is 0.211. The van der Waals surface area contributed by atoms with Gasteiger partial charge in [0.15, 0.2) is 18.1 Å². The second-order valence-corrected chi connectivity index (χ2v) is 5.40. The van der Waals surface area contributed by atoms with Crippen LogP contribution in [0.25, 0.3) is 0 Å². The Labute approximate surface area is 151 Å². The van der Waals surface area contributed by atoms with E-state index in [0.717, 1.165) is 5.56 Å². The highest BCUT2D eigenvalue weighted by Crippen LogP contribution is 2.27. The lowest BCUT2D eigenvalue weighted by Crippen LogP contribution is -2.24. The summed E-state index contributed by atoms with van der Waals surface area (Å²) in [6.45, 7) is 3.11. The minimum atomic E-state index is -0.439. The van der Waals surface area contributed by atoms with Gasteiger partial charge < -0.3 is 14.2 Å². The average molecular weight is 356 g/mol. The number of methoxy groups -OCH3 is 1. The van der Waals surface area contributed by atoms with Crippen molar-refractivity contribution in [3.63, 3.8) is 0 Å². The summed E-state index contributed by atoms with van der Waals surface area (Å²) in [6.07, 6.45) is 1.45. The summed E-state index contributed by atoms with van der Waals surface area (Å²) < 4.78 is 15.6. The van der Waals surface area contributed by atoms with E-state index in [1.54, 1.807) is 24.3 Å². The average Bonchev–Trinajstić information content (AvgIpc) is 2.61. The minimum Gasteiger partial charge on any atom is -0.493 e. The van der Waals surface area contributed by atoms with Crippen LogP contribution < -0.4 is 19.6 Å². The van der Waals surface area contributed by atoms with Gasteiger partial charge in [0.25, 0.3) is 5.91 Å². The number of rotatable bonds is 7. The summed E-state index contributed by atoms with van der Waals surface area (Å²) >= 11 is 0. The first-order valence-electron chi connectivity index (χ1n) is 7.86. The fourth-order valence-electron chi connectivity index (χ4n) is 2.07. The number of amides is 1. The summed E-state index contributed by atoms with van der Waals surface area (Å²) in [6, 6.07) is 12.3. The molecule has 2 rings (SSSR count). The highest BCUT2D eigenvalue weighted by atomic mass is 16.6. The maximum atomic E-state index is 11.8. The van der Waals surface area contributed by atoms with Crippen molar-refractivity contribution >= 4 is 18.1 Å². The van der Waals surface area contributed by atoms with Gasteiger partial charge >= 0.3 is 5.97 Å². The van der Waals surface area contributed by atoms with Gasteiger partial charge in [-0.25, -0.2) is 5.43 Å². The molecule has 0 bridgehead atoms. The van der Waals surface area contributed by atoms with Gasteiger partial charge in [0.05, 0.1) is 13.3 Å². The molecular weight excluding hydrogens is 336 g/mol. The third-order valence-electron chi connectivity index (χ3n) is 3.20. The Bertz CT molecular complexity index is 817. The zero-order valence-electron chi connectivity index (χ0n) is 14.8. The van der Waals surface area contributed by atoms with Crippen LogP contribution in [0.15, 0.2) is 47.6 Å². The van der Waals surface area contributed by atoms with Gasteiger partial charge in [0, 0.05) is 6.92 Å². The van der Waals surface area contributed by atoms with Crippen molar-refractivity contribution in [2.24, 2.45) is 5.10 Å². The highest BCUT2D eigenvalue weighted by molar-refractivity contribution is 5.84. The molecule has 1 amide bonds. The number of carbonyl (C=O) groups excluding carboxylic acids is 2. The first-order valence-corrected chi connectivity index (χ1v) is 7.86. The van der Waals surface area contributed by atoms with Gasteiger partial charge in [0.2, 0.25) is 0 Å². The maximum absolute atomic E-state index is 11.8. The van der Waals surface area contributed by atoms with Crippen LogP contribution in [-0.4, -0.2) is 31.8 Å². The standard InChI is InChI=1S/C19H20N2O5/c1-13-5-4-6-16(9-13)25-12-19(23)21-20-11-15-7-8-17(26-14(2)22)18(10-15)24-3/h4-11H,12H2,1-3H3,(H,21,23)/b20-11+. The molecule has 7 heteroatoms. The smallest absolute Gasteiger partial charge is 0.308 e. The van der Waals surface area contributed by atoms with Crippen LogP contribution in [0, 0.1) is 6.92 Å². The maximum Gasteiger partial charge on any atom is 0.308 e. The van der Waals surface area contributed by atoms with Crippen molar-refractivity contribution in [1.82, 2.24) is 5.43 Å². The quantitative estimate of drug-likeness (QED) is 0.356. The number of hydrogen-bond acceptors (Lipinski definition) is 6. The number of nitrogens with zero attached hydrogens (tertiary/aromatic N) is 1. The van der Waals surface area contributed by atoms with E-state index in [9.17, 15) is 9.59 Å². The number of ether oxygens (including phenoxy) is 3. The van der Waals surface area contributed by atoms with Crippen LogP contribution in [0.2, 0.25) is 0 Å². The van der Waals surface area contributed by atoms with Gasteiger partial charge in [-0.3, -0.25) is 9.59 Å². The number of carbonyl (C=O) groups is 2. The molecule has 0 heterocycles. The SMILES string of the molecule is COc1cc(/C=N/NC(=O)COc2cccc(C)c2)ccc1OC(C)=O. The summed E-state index contributed by atoms with van der Waals surface area (Å²) in [5.74, 6) is 0.498. The second-order valence-electron chi connectivity index (χ2n) is 5.40. The van der Waals surface area contributed by atoms with Crippen molar-refractivity contribution < 1.29 is 23.8 Å². The molecule has 26 heavy (non-hydrogen) atoms. The van der Waals surface area contributed by atoms with Crippen molar-refractivity contribution in [3.05, 3.63) is 53.6 Å². The first kappa shape index (κ1) is 19.0. The van der Waals surface area contributed by atoms with Crippen LogP contribution in [0.5, 0.6) is 17.2 Å². The van der Waals surface area contributed by atoms with Crippen molar-refractivity contribution in [2.75, 3.05) is 13.7 Å². The molecule has 0 aliphatic rings. The van der Waals surface area contributed by atoms with E-state index in [1.807, 2.05) is 25.1 Å². The van der Waals surface area contributed by atoms with Crippen LogP contribution in [0.1, 0.15) is 18.1 Å². The van der Waals surface area contributed by atoms with Crippen molar-refractivity contribution in [3.8, 4) is 17.2 Å². The molecule has 0 aromatic heterocycles. The number of nitrogens with one attached hydrogen (secondary N) is 1. The molecule has 2 aromatic carbocycles. The molecule has 0 spiro atoms. The molecule has 0 aliphatic heterocycles. The lowest BCUT2D eigenvalue weighted by molar-refractivity contribution is -0.132. The molecule has 136 valence electrons. The van der Waals surface area contributed by atoms with Gasteiger partial charge in [-0.2, -0.15) is 5.10 Å². The zero-order valence-corrected chi connectivity index (χ0v) is 14.8. The Kier molecular flexibility index (Phi) is 6.73. The van der Waals surface area contributed by atoms with E-state index in [1.165, 1.54) is 20.2 Å². The van der Waals surface area contributed by atoms with E-state index in [4.69, 9.17) is 14.2 Å². The Hall–Kier alpha value is -3.35. The molecule has 0 aliphatic carbocycles. The third kappa shape index (κ3) is 5.94. The lowest BCUT2D eigenvalue weighted by atomic mass is 10.2. The van der Waals surface area contributed by atoms with Crippen LogP contribution in [0.4, 0.5) is 0 Å². The largest absolute Gasteiger partial charge is 0.493 e. The molecule has 1 N–H and O–H groups in total. The summed E-state index contributed by atoms with van der Waals surface area (Å²) in [7, 11) is 1.47. The van der Waals surface area contributed by atoms with Crippen LogP contribution in [0.3, 0.4) is 0 Å². The summed E-state index contributed by atoms with van der Waals surface area (Å²) in [4.78, 5) is 22.8. The second kappa shape index (κ2) is 9.22. The number of aryl methyl sites for hydroxylation is 1. The summed E-state index contributed by atoms with van der Waals surface area (Å²) in [5.41, 5.74) is 4.09. The predicted molar refractivity (Wildman–Crippen MR) is 96.7 cm³/mol. The van der Waals surface area contributed by atoms with E-state index >= 15 is 0 Å². The van der Waals surface area contributed by atoms with Crippen LogP contribution >= 0.6 is 0 Å². The van der Waals surface area contributed by atoms with Gasteiger partial charge in [-0.05, 0) is 48.4 Å². The first-order chi connectivity index (χ1) is 12.5. The predicted octanol–water partition coefficient (Wildman–Crippen LogP) is 2.46. The zero-order chi connectivity index (χ0) is 18.9. The number of benzene rings is 2. The van der Waals surface area contributed by atoms with E-state index in [0.29, 0.717) is 22.8 Å². The van der Waals surface area contributed by atoms with E-state index < -0.39 is 5.97 Å². The number of hydrazone groups is 1. The van der Waals surface area contributed by atoms with Crippen LogP contribution in [-0.2, 0) is 9.59 Å². The topological polar surface area (TPSA) is 86.2 Å². The lowest BCUT2D eigenvalue weighted by Gasteiger charge is -2.08. The summed E-state index contributed by atoms with van der Waals surface area (Å²) in [5, 5.41) is 3.87. The molecule has 0 atom stereocenters.